The van der Waals surface area contributed by atoms with Crippen molar-refractivity contribution in [1.29, 1.82) is 0 Å². The Morgan fingerprint density at radius 2 is 2.00 bits per heavy atom. The maximum Gasteiger partial charge on any atom is 0.251 e. The molecule has 2 aliphatic rings. The van der Waals surface area contributed by atoms with Crippen LogP contribution in [0.3, 0.4) is 0 Å². The molecule has 0 atom stereocenters. The summed E-state index contributed by atoms with van der Waals surface area (Å²) in [6, 6.07) is 0. The highest BCUT2D eigenvalue weighted by molar-refractivity contribution is 6.05. The van der Waals surface area contributed by atoms with E-state index in [1.807, 2.05) is 19.1 Å². The molecule has 1 aliphatic carbocycles. The largest absolute Gasteiger partial charge is 0.358 e. The Hall–Kier alpha value is -2.51. The SMILES string of the molecule is C#C.CCCc1c(\C=C2/C(=O)NC/C2=C(C)\C=C/CN)[nH]c2c1CCCC2. The van der Waals surface area contributed by atoms with Gasteiger partial charge in [-0.3, -0.25) is 4.79 Å². The van der Waals surface area contributed by atoms with Gasteiger partial charge in [0.2, 0.25) is 0 Å². The van der Waals surface area contributed by atoms with Crippen molar-refractivity contribution in [2.75, 3.05) is 13.1 Å². The first-order valence-corrected chi connectivity index (χ1v) is 9.78. The van der Waals surface area contributed by atoms with E-state index in [1.165, 1.54) is 29.7 Å². The number of carbonyl (C=O) groups excluding carboxylic acids is 1. The summed E-state index contributed by atoms with van der Waals surface area (Å²) in [6.07, 6.45) is 21.0. The molecular formula is C23H31N3O. The van der Waals surface area contributed by atoms with Crippen molar-refractivity contribution in [3.8, 4) is 12.8 Å². The Balaban J connectivity index is 0.00000126. The van der Waals surface area contributed by atoms with Crippen molar-refractivity contribution in [1.82, 2.24) is 10.3 Å². The number of aromatic amines is 1. The van der Waals surface area contributed by atoms with Gasteiger partial charge in [0, 0.05) is 30.1 Å². The number of aromatic nitrogens is 1. The quantitative estimate of drug-likeness (QED) is 0.552. The van der Waals surface area contributed by atoms with Crippen LogP contribution in [0.15, 0.2) is 28.9 Å². The van der Waals surface area contributed by atoms with E-state index < -0.39 is 0 Å². The molecule has 4 nitrogen and oxygen atoms in total. The Labute approximate surface area is 163 Å². The summed E-state index contributed by atoms with van der Waals surface area (Å²) < 4.78 is 0. The molecule has 1 saturated heterocycles. The zero-order valence-corrected chi connectivity index (χ0v) is 16.5. The third-order valence-corrected chi connectivity index (χ3v) is 5.21. The maximum absolute atomic E-state index is 12.4. The van der Waals surface area contributed by atoms with Gasteiger partial charge in [-0.05, 0) is 67.4 Å². The number of H-pyrrole nitrogens is 1. The van der Waals surface area contributed by atoms with Crippen molar-refractivity contribution in [2.45, 2.75) is 52.4 Å². The number of aryl methyl sites for hydroxylation is 1. The average Bonchev–Trinajstić information content (AvgIpc) is 3.23. The number of rotatable bonds is 5. The fourth-order valence-electron chi connectivity index (χ4n) is 3.93. The van der Waals surface area contributed by atoms with Gasteiger partial charge >= 0.3 is 0 Å². The summed E-state index contributed by atoms with van der Waals surface area (Å²) in [5.41, 5.74) is 14.0. The van der Waals surface area contributed by atoms with Gasteiger partial charge in [0.05, 0.1) is 0 Å². The maximum atomic E-state index is 12.4. The van der Waals surface area contributed by atoms with Crippen molar-refractivity contribution in [3.05, 3.63) is 51.4 Å². The molecule has 0 radical (unpaired) electrons. The molecule has 3 rings (SSSR count). The molecule has 0 saturated carbocycles. The Bertz CT molecular complexity index is 790. The number of allylic oxidation sites excluding steroid dienone is 2. The lowest BCUT2D eigenvalue weighted by Crippen LogP contribution is -2.14. The normalized spacial score (nSPS) is 19.6. The molecule has 1 aromatic rings. The van der Waals surface area contributed by atoms with E-state index in [9.17, 15) is 4.79 Å². The number of nitrogens with two attached hydrogens (primary N) is 1. The van der Waals surface area contributed by atoms with Crippen LogP contribution in [0.4, 0.5) is 0 Å². The monoisotopic (exact) mass is 365 g/mol. The third kappa shape index (κ3) is 4.61. The molecule has 1 amide bonds. The summed E-state index contributed by atoms with van der Waals surface area (Å²) >= 11 is 0. The van der Waals surface area contributed by atoms with Gasteiger partial charge < -0.3 is 16.0 Å². The van der Waals surface area contributed by atoms with Gasteiger partial charge in [0.1, 0.15) is 0 Å². The van der Waals surface area contributed by atoms with E-state index >= 15 is 0 Å². The molecule has 27 heavy (non-hydrogen) atoms. The minimum Gasteiger partial charge on any atom is -0.358 e. The molecule has 1 aromatic heterocycles. The van der Waals surface area contributed by atoms with Gasteiger partial charge in [-0.25, -0.2) is 0 Å². The number of terminal acetylenes is 1. The Kier molecular flexibility index (Phi) is 7.69. The van der Waals surface area contributed by atoms with Crippen LogP contribution in [0.5, 0.6) is 0 Å². The van der Waals surface area contributed by atoms with E-state index in [0.717, 1.165) is 48.1 Å². The molecule has 4 N–H and O–H groups in total. The van der Waals surface area contributed by atoms with Crippen LogP contribution in [0, 0.1) is 12.8 Å². The van der Waals surface area contributed by atoms with Gasteiger partial charge in [0.25, 0.3) is 5.91 Å². The molecular weight excluding hydrogens is 334 g/mol. The fourth-order valence-corrected chi connectivity index (χ4v) is 3.93. The van der Waals surface area contributed by atoms with Crippen LogP contribution < -0.4 is 11.1 Å². The van der Waals surface area contributed by atoms with Gasteiger partial charge in [0.15, 0.2) is 0 Å². The van der Waals surface area contributed by atoms with E-state index in [2.05, 4.69) is 36.1 Å². The highest BCUT2D eigenvalue weighted by atomic mass is 16.2. The summed E-state index contributed by atoms with van der Waals surface area (Å²) in [4.78, 5) is 16.0. The third-order valence-electron chi connectivity index (χ3n) is 5.21. The zero-order chi connectivity index (χ0) is 19.8. The van der Waals surface area contributed by atoms with E-state index in [-0.39, 0.29) is 5.91 Å². The van der Waals surface area contributed by atoms with Crippen LogP contribution in [-0.2, 0) is 24.1 Å². The molecule has 144 valence electrons. The summed E-state index contributed by atoms with van der Waals surface area (Å²) in [6.45, 7) is 5.36. The van der Waals surface area contributed by atoms with Crippen molar-refractivity contribution in [3.63, 3.8) is 0 Å². The summed E-state index contributed by atoms with van der Waals surface area (Å²) in [7, 11) is 0. The predicted octanol–water partition coefficient (Wildman–Crippen LogP) is 3.44. The van der Waals surface area contributed by atoms with Crippen LogP contribution in [0.25, 0.3) is 6.08 Å². The number of hydrogen-bond acceptors (Lipinski definition) is 2. The molecule has 1 fully saturated rings. The van der Waals surface area contributed by atoms with Gasteiger partial charge in [-0.15, -0.1) is 12.8 Å². The average molecular weight is 366 g/mol. The number of fused-ring (bicyclic) bond motifs is 1. The minimum absolute atomic E-state index is 0.0190. The lowest BCUT2D eigenvalue weighted by molar-refractivity contribution is -0.116. The number of hydrogen-bond donors (Lipinski definition) is 3. The van der Waals surface area contributed by atoms with Gasteiger partial charge in [-0.2, -0.15) is 0 Å². The first-order valence-electron chi connectivity index (χ1n) is 9.78. The molecule has 0 unspecified atom stereocenters. The second-order valence-corrected chi connectivity index (χ2v) is 6.97. The second-order valence-electron chi connectivity index (χ2n) is 6.97. The number of nitrogens with one attached hydrogen (secondary N) is 2. The van der Waals surface area contributed by atoms with E-state index in [4.69, 9.17) is 5.73 Å². The molecule has 0 bridgehead atoms. The predicted molar refractivity (Wildman–Crippen MR) is 113 cm³/mol. The highest BCUT2D eigenvalue weighted by Crippen LogP contribution is 2.31. The van der Waals surface area contributed by atoms with Crippen LogP contribution in [0.2, 0.25) is 0 Å². The summed E-state index contributed by atoms with van der Waals surface area (Å²) in [5, 5.41) is 2.97. The fraction of sp³-hybridized carbons (Fsp3) is 0.435. The Morgan fingerprint density at radius 3 is 2.70 bits per heavy atom. The molecule has 1 aliphatic heterocycles. The minimum atomic E-state index is 0.0190. The first kappa shape index (κ1) is 20.8. The zero-order valence-electron chi connectivity index (χ0n) is 16.5. The molecule has 4 heteroatoms. The van der Waals surface area contributed by atoms with Crippen molar-refractivity contribution in [2.24, 2.45) is 5.73 Å². The van der Waals surface area contributed by atoms with Crippen molar-refractivity contribution < 1.29 is 4.79 Å². The second kappa shape index (κ2) is 9.99. The lowest BCUT2D eigenvalue weighted by Gasteiger charge is -2.12. The van der Waals surface area contributed by atoms with Crippen LogP contribution >= 0.6 is 0 Å². The van der Waals surface area contributed by atoms with E-state index in [1.54, 1.807) is 0 Å². The highest BCUT2D eigenvalue weighted by Gasteiger charge is 2.25. The van der Waals surface area contributed by atoms with Crippen LogP contribution in [-0.4, -0.2) is 24.0 Å². The van der Waals surface area contributed by atoms with Crippen LogP contribution in [0.1, 0.15) is 55.6 Å². The van der Waals surface area contributed by atoms with E-state index in [0.29, 0.717) is 13.1 Å². The topological polar surface area (TPSA) is 70.9 Å². The molecule has 2 heterocycles. The lowest BCUT2D eigenvalue weighted by atomic mass is 9.92. The van der Waals surface area contributed by atoms with Crippen molar-refractivity contribution >= 4 is 12.0 Å². The molecule has 0 spiro atoms. The molecule has 0 aromatic carbocycles. The number of amides is 1. The Morgan fingerprint density at radius 1 is 1.26 bits per heavy atom. The standard InChI is InChI=1S/C21H29N3O.C2H2/c1-3-7-15-16-9-4-5-10-19(16)24-20(15)12-17-18(13-23-21(17)25)14(2)8-6-11-22;1-2/h6,8,12,24H,3-5,7,9-11,13,22H2,1-2H3,(H,23,25);1-2H/b8-6-,17-12-,18-14+;. The smallest absolute Gasteiger partial charge is 0.251 e. The van der Waals surface area contributed by atoms with Gasteiger partial charge in [-0.1, -0.05) is 25.5 Å². The first-order chi connectivity index (χ1) is 13.2. The summed E-state index contributed by atoms with van der Waals surface area (Å²) in [5.74, 6) is 0.0190. The number of carbonyl (C=O) groups is 1.